The molecule has 0 aliphatic heterocycles. The maximum Gasteiger partial charge on any atom is 0.148 e. The van der Waals surface area contributed by atoms with Crippen molar-refractivity contribution in [2.24, 2.45) is 0 Å². The predicted octanol–water partition coefficient (Wildman–Crippen LogP) is 1.63. The first-order valence-corrected chi connectivity index (χ1v) is 7.97. The summed E-state index contributed by atoms with van der Waals surface area (Å²) in [6, 6.07) is 5.04. The first-order valence-electron chi connectivity index (χ1n) is 5.11. The standard InChI is InChI=1S/C11H16BrNO3S/c1-13(5-6-17(2,15)16)8-9-7-10(14)3-4-11(9)12/h3-4,7,14H,5-6,8H2,1-2H3. The van der Waals surface area contributed by atoms with E-state index in [4.69, 9.17) is 0 Å². The number of aromatic hydroxyl groups is 1. The third kappa shape index (κ3) is 5.52. The smallest absolute Gasteiger partial charge is 0.148 e. The Kier molecular flexibility index (Phi) is 4.97. The zero-order valence-corrected chi connectivity index (χ0v) is 12.3. The van der Waals surface area contributed by atoms with Gasteiger partial charge in [0.1, 0.15) is 15.6 Å². The number of phenols is 1. The topological polar surface area (TPSA) is 57.6 Å². The van der Waals surface area contributed by atoms with Gasteiger partial charge in [-0.25, -0.2) is 8.42 Å². The second kappa shape index (κ2) is 5.84. The minimum absolute atomic E-state index is 0.139. The first-order chi connectivity index (χ1) is 7.78. The molecule has 0 atom stereocenters. The molecule has 0 amide bonds. The van der Waals surface area contributed by atoms with Crippen LogP contribution < -0.4 is 0 Å². The fourth-order valence-electron chi connectivity index (χ4n) is 1.37. The van der Waals surface area contributed by atoms with E-state index >= 15 is 0 Å². The minimum Gasteiger partial charge on any atom is -0.508 e. The summed E-state index contributed by atoms with van der Waals surface area (Å²) in [7, 11) is -1.08. The van der Waals surface area contributed by atoms with Crippen LogP contribution in [0.5, 0.6) is 5.75 Å². The molecule has 0 unspecified atom stereocenters. The molecule has 1 aromatic rings. The highest BCUT2D eigenvalue weighted by Crippen LogP contribution is 2.22. The second-order valence-electron chi connectivity index (χ2n) is 4.14. The molecule has 6 heteroatoms. The summed E-state index contributed by atoms with van der Waals surface area (Å²) in [4.78, 5) is 1.90. The Hall–Kier alpha value is -0.590. The molecule has 0 saturated heterocycles. The van der Waals surface area contributed by atoms with Crippen LogP contribution in [0.2, 0.25) is 0 Å². The third-order valence-corrected chi connectivity index (χ3v) is 4.01. The molecule has 4 nitrogen and oxygen atoms in total. The summed E-state index contributed by atoms with van der Waals surface area (Å²) in [5, 5.41) is 9.37. The SMILES string of the molecule is CN(CCS(C)(=O)=O)Cc1cc(O)ccc1Br. The second-order valence-corrected chi connectivity index (χ2v) is 7.26. The van der Waals surface area contributed by atoms with Crippen molar-refractivity contribution in [3.63, 3.8) is 0 Å². The van der Waals surface area contributed by atoms with Gasteiger partial charge in [-0.2, -0.15) is 0 Å². The fourth-order valence-corrected chi connectivity index (χ4v) is 2.39. The number of rotatable bonds is 5. The van der Waals surface area contributed by atoms with Crippen LogP contribution in [0.3, 0.4) is 0 Å². The zero-order valence-electron chi connectivity index (χ0n) is 9.85. The van der Waals surface area contributed by atoms with Crippen LogP contribution >= 0.6 is 15.9 Å². The maximum absolute atomic E-state index is 11.0. The fraction of sp³-hybridized carbons (Fsp3) is 0.455. The lowest BCUT2D eigenvalue weighted by atomic mass is 10.2. The highest BCUT2D eigenvalue weighted by molar-refractivity contribution is 9.10. The molecular formula is C11H16BrNO3S. The Morgan fingerprint density at radius 2 is 2.06 bits per heavy atom. The molecule has 0 aliphatic carbocycles. The highest BCUT2D eigenvalue weighted by Gasteiger charge is 2.08. The Morgan fingerprint density at radius 3 is 2.65 bits per heavy atom. The largest absolute Gasteiger partial charge is 0.508 e. The molecule has 1 N–H and O–H groups in total. The van der Waals surface area contributed by atoms with Crippen LogP contribution in [0.25, 0.3) is 0 Å². The van der Waals surface area contributed by atoms with Gasteiger partial charge in [-0.1, -0.05) is 15.9 Å². The first kappa shape index (κ1) is 14.5. The van der Waals surface area contributed by atoms with Gasteiger partial charge < -0.3 is 10.0 Å². The van der Waals surface area contributed by atoms with Crippen LogP contribution in [0.4, 0.5) is 0 Å². The summed E-state index contributed by atoms with van der Waals surface area (Å²) in [6.45, 7) is 1.06. The number of phenolic OH excluding ortho intramolecular Hbond substituents is 1. The van der Waals surface area contributed by atoms with E-state index in [0.717, 1.165) is 10.0 Å². The van der Waals surface area contributed by atoms with E-state index in [-0.39, 0.29) is 11.5 Å². The van der Waals surface area contributed by atoms with Crippen molar-refractivity contribution in [1.29, 1.82) is 0 Å². The average Bonchev–Trinajstić information content (AvgIpc) is 2.20. The van der Waals surface area contributed by atoms with Crippen molar-refractivity contribution in [2.45, 2.75) is 6.54 Å². The van der Waals surface area contributed by atoms with Crippen molar-refractivity contribution in [3.05, 3.63) is 28.2 Å². The lowest BCUT2D eigenvalue weighted by Crippen LogP contribution is -2.25. The van der Waals surface area contributed by atoms with Crippen molar-refractivity contribution < 1.29 is 13.5 Å². The number of nitrogens with zero attached hydrogens (tertiary/aromatic N) is 1. The quantitative estimate of drug-likeness (QED) is 0.895. The molecule has 0 saturated carbocycles. The van der Waals surface area contributed by atoms with Crippen molar-refractivity contribution in [3.8, 4) is 5.75 Å². The lowest BCUT2D eigenvalue weighted by Gasteiger charge is -2.17. The molecule has 0 aliphatic rings. The van der Waals surface area contributed by atoms with Gasteiger partial charge >= 0.3 is 0 Å². The van der Waals surface area contributed by atoms with Gasteiger partial charge in [0.05, 0.1) is 5.75 Å². The lowest BCUT2D eigenvalue weighted by molar-refractivity contribution is 0.344. The molecule has 0 fully saturated rings. The van der Waals surface area contributed by atoms with Crippen LogP contribution in [-0.2, 0) is 16.4 Å². The molecule has 96 valence electrons. The van der Waals surface area contributed by atoms with Crippen LogP contribution in [-0.4, -0.2) is 44.0 Å². The molecule has 0 aromatic heterocycles. The Morgan fingerprint density at radius 1 is 1.41 bits per heavy atom. The summed E-state index contributed by atoms with van der Waals surface area (Å²) in [6.07, 6.45) is 1.23. The van der Waals surface area contributed by atoms with Gasteiger partial charge in [-0.15, -0.1) is 0 Å². The molecule has 0 heterocycles. The molecule has 17 heavy (non-hydrogen) atoms. The van der Waals surface area contributed by atoms with Gasteiger partial charge in [-0.05, 0) is 30.8 Å². The summed E-state index contributed by atoms with van der Waals surface area (Å²) in [5.74, 6) is 0.347. The summed E-state index contributed by atoms with van der Waals surface area (Å²) in [5.41, 5.74) is 0.931. The summed E-state index contributed by atoms with van der Waals surface area (Å²) >= 11 is 3.39. The Labute approximate surface area is 110 Å². The highest BCUT2D eigenvalue weighted by atomic mass is 79.9. The Balaban J connectivity index is 2.62. The van der Waals surface area contributed by atoms with Crippen molar-refractivity contribution in [2.75, 3.05) is 25.6 Å². The van der Waals surface area contributed by atoms with Crippen molar-refractivity contribution >= 4 is 25.8 Å². The van der Waals surface area contributed by atoms with Gasteiger partial charge in [-0.3, -0.25) is 0 Å². The molecular weight excluding hydrogens is 306 g/mol. The van der Waals surface area contributed by atoms with E-state index < -0.39 is 9.84 Å². The zero-order chi connectivity index (χ0) is 13.1. The van der Waals surface area contributed by atoms with E-state index in [1.807, 2.05) is 11.9 Å². The minimum atomic E-state index is -2.93. The van der Waals surface area contributed by atoms with Gasteiger partial charge in [0.25, 0.3) is 0 Å². The molecule has 0 spiro atoms. The van der Waals surface area contributed by atoms with E-state index in [2.05, 4.69) is 15.9 Å². The van der Waals surface area contributed by atoms with E-state index in [1.54, 1.807) is 18.2 Å². The number of sulfone groups is 1. The van der Waals surface area contributed by atoms with E-state index in [9.17, 15) is 13.5 Å². The van der Waals surface area contributed by atoms with Gasteiger partial charge in [0.2, 0.25) is 0 Å². The maximum atomic E-state index is 11.0. The van der Waals surface area contributed by atoms with Crippen LogP contribution in [0.15, 0.2) is 22.7 Å². The molecule has 0 radical (unpaired) electrons. The average molecular weight is 322 g/mol. The monoisotopic (exact) mass is 321 g/mol. The normalized spacial score (nSPS) is 12.0. The molecule has 1 aromatic carbocycles. The molecule has 0 bridgehead atoms. The van der Waals surface area contributed by atoms with E-state index in [0.29, 0.717) is 13.1 Å². The number of halogens is 1. The predicted molar refractivity (Wildman–Crippen MR) is 71.9 cm³/mol. The van der Waals surface area contributed by atoms with Gasteiger partial charge in [0.15, 0.2) is 0 Å². The van der Waals surface area contributed by atoms with Crippen LogP contribution in [0, 0.1) is 0 Å². The summed E-state index contributed by atoms with van der Waals surface area (Å²) < 4.78 is 23.0. The Bertz CT molecular complexity index is 487. The van der Waals surface area contributed by atoms with E-state index in [1.165, 1.54) is 6.26 Å². The van der Waals surface area contributed by atoms with Crippen LogP contribution in [0.1, 0.15) is 5.56 Å². The number of benzene rings is 1. The van der Waals surface area contributed by atoms with Gasteiger partial charge in [0, 0.05) is 23.8 Å². The number of hydrogen-bond acceptors (Lipinski definition) is 4. The number of hydrogen-bond donors (Lipinski definition) is 1. The third-order valence-electron chi connectivity index (χ3n) is 2.31. The molecule has 1 rings (SSSR count). The van der Waals surface area contributed by atoms with Crippen molar-refractivity contribution in [1.82, 2.24) is 4.90 Å².